The third-order valence-electron chi connectivity index (χ3n) is 3.62. The molecule has 96 valence electrons. The smallest absolute Gasteiger partial charge is 0.0864 e. The summed E-state index contributed by atoms with van der Waals surface area (Å²) in [6.07, 6.45) is 1.03. The average molecular weight is 228 g/mol. The molecule has 0 bridgehead atoms. The van der Waals surface area contributed by atoms with Crippen molar-refractivity contribution < 1.29 is 9.84 Å². The Morgan fingerprint density at radius 2 is 1.56 bits per heavy atom. The Balaban J connectivity index is 2.75. The molecule has 0 aromatic carbocycles. The third-order valence-corrected chi connectivity index (χ3v) is 3.62. The zero-order valence-corrected chi connectivity index (χ0v) is 11.6. The van der Waals surface area contributed by atoms with Gasteiger partial charge in [-0.2, -0.15) is 0 Å². The number of hydrogen-bond donors (Lipinski definition) is 1. The van der Waals surface area contributed by atoms with E-state index < -0.39 is 0 Å². The Labute approximate surface area is 100 Å². The lowest BCUT2D eigenvalue weighted by Gasteiger charge is -2.25. The fourth-order valence-electron chi connectivity index (χ4n) is 2.86. The molecular weight excluding hydrogens is 200 g/mol. The van der Waals surface area contributed by atoms with Gasteiger partial charge >= 0.3 is 0 Å². The van der Waals surface area contributed by atoms with Gasteiger partial charge in [0.2, 0.25) is 0 Å². The molecule has 0 aromatic rings. The van der Waals surface area contributed by atoms with E-state index >= 15 is 0 Å². The normalized spacial score (nSPS) is 35.6. The summed E-state index contributed by atoms with van der Waals surface area (Å²) in [7, 11) is 0. The van der Waals surface area contributed by atoms with E-state index in [9.17, 15) is 5.11 Å². The minimum Gasteiger partial charge on any atom is -0.390 e. The van der Waals surface area contributed by atoms with Gasteiger partial charge in [-0.25, -0.2) is 0 Å². The lowest BCUT2D eigenvalue weighted by Crippen LogP contribution is -2.33. The van der Waals surface area contributed by atoms with Gasteiger partial charge in [0, 0.05) is 5.92 Å². The van der Waals surface area contributed by atoms with Crippen LogP contribution >= 0.6 is 0 Å². The van der Waals surface area contributed by atoms with Crippen LogP contribution in [0.2, 0.25) is 0 Å². The summed E-state index contributed by atoms with van der Waals surface area (Å²) in [4.78, 5) is 0. The Morgan fingerprint density at radius 1 is 1.00 bits per heavy atom. The summed E-state index contributed by atoms with van der Waals surface area (Å²) >= 11 is 0. The molecule has 1 aliphatic heterocycles. The second-order valence-corrected chi connectivity index (χ2v) is 6.32. The van der Waals surface area contributed by atoms with Crippen LogP contribution in [0.3, 0.4) is 0 Å². The van der Waals surface area contributed by atoms with Crippen molar-refractivity contribution in [2.24, 2.45) is 23.7 Å². The third kappa shape index (κ3) is 2.98. The maximum Gasteiger partial charge on any atom is 0.0864 e. The van der Waals surface area contributed by atoms with Gasteiger partial charge in [-0.15, -0.1) is 0 Å². The molecule has 1 aliphatic rings. The monoisotopic (exact) mass is 228 g/mol. The highest BCUT2D eigenvalue weighted by molar-refractivity contribution is 4.93. The molecule has 1 fully saturated rings. The summed E-state index contributed by atoms with van der Waals surface area (Å²) in [6.45, 7) is 13.1. The Hall–Kier alpha value is -0.0800. The van der Waals surface area contributed by atoms with E-state index in [1.807, 2.05) is 0 Å². The lowest BCUT2D eigenvalue weighted by atomic mass is 9.81. The fourth-order valence-corrected chi connectivity index (χ4v) is 2.86. The van der Waals surface area contributed by atoms with E-state index in [0.717, 1.165) is 6.42 Å². The maximum atomic E-state index is 10.3. The highest BCUT2D eigenvalue weighted by Crippen LogP contribution is 2.38. The van der Waals surface area contributed by atoms with Crippen molar-refractivity contribution >= 4 is 0 Å². The molecule has 16 heavy (non-hydrogen) atoms. The van der Waals surface area contributed by atoms with Crippen LogP contribution in [0.4, 0.5) is 0 Å². The van der Waals surface area contributed by atoms with Crippen molar-refractivity contribution in [2.45, 2.75) is 66.3 Å². The first-order chi connectivity index (χ1) is 7.34. The molecule has 1 rings (SSSR count). The zero-order valence-electron chi connectivity index (χ0n) is 11.6. The van der Waals surface area contributed by atoms with Gasteiger partial charge < -0.3 is 9.84 Å². The second-order valence-electron chi connectivity index (χ2n) is 6.32. The van der Waals surface area contributed by atoms with Crippen LogP contribution in [0, 0.1) is 23.7 Å². The standard InChI is InChI=1S/C14H28O2/c1-8(2)7-11-12(9(3)4)13(15)14(16-11)10(5)6/h8-15H,7H2,1-6H3/t11-,12?,13+,14+/m1/s1. The van der Waals surface area contributed by atoms with Crippen molar-refractivity contribution in [3.63, 3.8) is 0 Å². The fraction of sp³-hybridized carbons (Fsp3) is 1.00. The first-order valence-electron chi connectivity index (χ1n) is 6.68. The van der Waals surface area contributed by atoms with Gasteiger partial charge in [-0.3, -0.25) is 0 Å². The molecule has 1 heterocycles. The van der Waals surface area contributed by atoms with Crippen molar-refractivity contribution in [3.8, 4) is 0 Å². The van der Waals surface area contributed by atoms with Crippen LogP contribution in [0.1, 0.15) is 48.0 Å². The zero-order chi connectivity index (χ0) is 12.5. The van der Waals surface area contributed by atoms with Crippen LogP contribution in [0.15, 0.2) is 0 Å². The van der Waals surface area contributed by atoms with E-state index in [4.69, 9.17) is 4.74 Å². The van der Waals surface area contributed by atoms with E-state index in [-0.39, 0.29) is 18.3 Å². The van der Waals surface area contributed by atoms with E-state index in [1.165, 1.54) is 0 Å². The topological polar surface area (TPSA) is 29.5 Å². The molecule has 1 unspecified atom stereocenters. The second kappa shape index (κ2) is 5.50. The van der Waals surface area contributed by atoms with Crippen molar-refractivity contribution in [1.29, 1.82) is 0 Å². The number of ether oxygens (including phenoxy) is 1. The van der Waals surface area contributed by atoms with Gasteiger partial charge in [-0.1, -0.05) is 41.5 Å². The van der Waals surface area contributed by atoms with Gasteiger partial charge in [0.15, 0.2) is 0 Å². The summed E-state index contributed by atoms with van der Waals surface area (Å²) < 4.78 is 6.07. The minimum atomic E-state index is -0.288. The quantitative estimate of drug-likeness (QED) is 0.801. The molecular formula is C14H28O2. The van der Waals surface area contributed by atoms with Gasteiger partial charge in [-0.05, 0) is 24.2 Å². The van der Waals surface area contributed by atoms with E-state index in [2.05, 4.69) is 41.5 Å². The Bertz CT molecular complexity index is 211. The van der Waals surface area contributed by atoms with Gasteiger partial charge in [0.25, 0.3) is 0 Å². The van der Waals surface area contributed by atoms with Crippen molar-refractivity contribution in [2.75, 3.05) is 0 Å². The molecule has 0 amide bonds. The molecule has 0 saturated carbocycles. The Morgan fingerprint density at radius 3 is 1.94 bits per heavy atom. The first-order valence-corrected chi connectivity index (χ1v) is 6.68. The van der Waals surface area contributed by atoms with Crippen molar-refractivity contribution in [3.05, 3.63) is 0 Å². The first kappa shape index (κ1) is 14.0. The van der Waals surface area contributed by atoms with Gasteiger partial charge in [0.05, 0.1) is 18.3 Å². The highest BCUT2D eigenvalue weighted by atomic mass is 16.5. The Kier molecular flexibility index (Phi) is 4.81. The molecule has 0 radical (unpaired) electrons. The van der Waals surface area contributed by atoms with Crippen molar-refractivity contribution in [1.82, 2.24) is 0 Å². The molecule has 0 aromatic heterocycles. The minimum absolute atomic E-state index is 0.0242. The predicted molar refractivity (Wildman–Crippen MR) is 67.3 cm³/mol. The number of rotatable bonds is 4. The predicted octanol–water partition coefficient (Wildman–Crippen LogP) is 3.09. The maximum absolute atomic E-state index is 10.3. The van der Waals surface area contributed by atoms with E-state index in [1.54, 1.807) is 0 Å². The van der Waals surface area contributed by atoms with Crippen LogP contribution in [0.25, 0.3) is 0 Å². The van der Waals surface area contributed by atoms with Crippen LogP contribution in [0.5, 0.6) is 0 Å². The molecule has 0 spiro atoms. The van der Waals surface area contributed by atoms with Gasteiger partial charge in [0.1, 0.15) is 0 Å². The van der Waals surface area contributed by atoms with Crippen LogP contribution in [-0.4, -0.2) is 23.4 Å². The number of hydrogen-bond acceptors (Lipinski definition) is 2. The lowest BCUT2D eigenvalue weighted by molar-refractivity contribution is -0.0222. The van der Waals surface area contributed by atoms with Crippen LogP contribution < -0.4 is 0 Å². The summed E-state index contributed by atoms with van der Waals surface area (Å²) in [5.74, 6) is 1.81. The molecule has 0 aliphatic carbocycles. The number of aliphatic hydroxyl groups is 1. The molecule has 2 heteroatoms. The van der Waals surface area contributed by atoms with E-state index in [0.29, 0.717) is 23.7 Å². The number of aliphatic hydroxyl groups excluding tert-OH is 1. The van der Waals surface area contributed by atoms with Crippen LogP contribution in [-0.2, 0) is 4.74 Å². The highest BCUT2D eigenvalue weighted by Gasteiger charge is 2.45. The summed E-state index contributed by atoms with van der Waals surface area (Å²) in [5.41, 5.74) is 0. The average Bonchev–Trinajstić information content (AvgIpc) is 2.41. The molecule has 1 N–H and O–H groups in total. The largest absolute Gasteiger partial charge is 0.390 e. The summed E-state index contributed by atoms with van der Waals surface area (Å²) in [5, 5.41) is 10.3. The molecule has 2 nitrogen and oxygen atoms in total. The molecule has 1 saturated heterocycles. The molecule has 4 atom stereocenters. The SMILES string of the molecule is CC(C)C[C@H]1O[C@@H](C(C)C)[C@@H](O)C1C(C)C. The summed E-state index contributed by atoms with van der Waals surface area (Å²) in [6, 6.07) is 0.